The molecule has 7 heteroatoms. The first-order valence-electron chi connectivity index (χ1n) is 9.02. The molecule has 0 N–H and O–H groups in total. The van der Waals surface area contributed by atoms with E-state index >= 15 is 0 Å². The van der Waals surface area contributed by atoms with Gasteiger partial charge < -0.3 is 0 Å². The first-order valence-corrected chi connectivity index (χ1v) is 10.5. The molecule has 0 unspecified atom stereocenters. The van der Waals surface area contributed by atoms with Gasteiger partial charge in [0, 0.05) is 12.6 Å². The van der Waals surface area contributed by atoms with Crippen molar-refractivity contribution in [2.75, 3.05) is 11.4 Å². The maximum absolute atomic E-state index is 13.2. The fourth-order valence-corrected chi connectivity index (χ4v) is 4.50. The SMILES string of the molecule is Cc1nc2ccccc2n1C(=O)c1cccc(S(=O)(=O)N(C)c2ccccc2)c1. The molecule has 1 heterocycles. The third-order valence-electron chi connectivity index (χ3n) is 4.79. The summed E-state index contributed by atoms with van der Waals surface area (Å²) in [5.74, 6) is 0.224. The fourth-order valence-electron chi connectivity index (χ4n) is 3.26. The lowest BCUT2D eigenvalue weighted by atomic mass is 10.2. The molecule has 0 aliphatic rings. The number of anilines is 1. The maximum atomic E-state index is 13.2. The minimum atomic E-state index is -3.81. The van der Waals surface area contributed by atoms with E-state index in [4.69, 9.17) is 0 Å². The van der Waals surface area contributed by atoms with Crippen molar-refractivity contribution in [3.05, 3.63) is 90.3 Å². The smallest absolute Gasteiger partial charge is 0.264 e. The summed E-state index contributed by atoms with van der Waals surface area (Å²) >= 11 is 0. The fraction of sp³-hybridized carbons (Fsp3) is 0.0909. The molecule has 6 nitrogen and oxygen atoms in total. The Kier molecular flexibility index (Phi) is 4.68. The minimum absolute atomic E-state index is 0.0526. The van der Waals surface area contributed by atoms with Crippen LogP contribution in [0.3, 0.4) is 0 Å². The van der Waals surface area contributed by atoms with E-state index in [0.29, 0.717) is 22.5 Å². The summed E-state index contributed by atoms with van der Waals surface area (Å²) in [6.45, 7) is 1.75. The summed E-state index contributed by atoms with van der Waals surface area (Å²) in [5, 5.41) is 0. The molecule has 4 rings (SSSR count). The Morgan fingerprint density at radius 1 is 0.931 bits per heavy atom. The van der Waals surface area contributed by atoms with Crippen LogP contribution in [0.25, 0.3) is 11.0 Å². The van der Waals surface area contributed by atoms with Crippen LogP contribution in [0.2, 0.25) is 0 Å². The topological polar surface area (TPSA) is 72.3 Å². The van der Waals surface area contributed by atoms with Crippen LogP contribution in [0.1, 0.15) is 16.2 Å². The van der Waals surface area contributed by atoms with E-state index in [0.717, 1.165) is 0 Å². The average molecular weight is 405 g/mol. The van der Waals surface area contributed by atoms with Crippen LogP contribution in [-0.2, 0) is 10.0 Å². The second kappa shape index (κ2) is 7.18. The lowest BCUT2D eigenvalue weighted by Crippen LogP contribution is -2.26. The van der Waals surface area contributed by atoms with Gasteiger partial charge in [-0.25, -0.2) is 13.4 Å². The number of sulfonamides is 1. The minimum Gasteiger partial charge on any atom is -0.269 e. The third kappa shape index (κ3) is 3.30. The van der Waals surface area contributed by atoms with Gasteiger partial charge >= 0.3 is 0 Å². The highest BCUT2D eigenvalue weighted by molar-refractivity contribution is 7.92. The molecule has 0 bridgehead atoms. The second-order valence-electron chi connectivity index (χ2n) is 6.62. The van der Waals surface area contributed by atoms with Crippen molar-refractivity contribution in [1.82, 2.24) is 9.55 Å². The summed E-state index contributed by atoms with van der Waals surface area (Å²) in [6, 6.07) is 22.2. The number of aromatic nitrogens is 2. The van der Waals surface area contributed by atoms with E-state index in [1.165, 1.54) is 28.1 Å². The molecule has 0 saturated heterocycles. The first-order chi connectivity index (χ1) is 13.9. The predicted molar refractivity (Wildman–Crippen MR) is 113 cm³/mol. The largest absolute Gasteiger partial charge is 0.269 e. The highest BCUT2D eigenvalue weighted by atomic mass is 32.2. The standard InChI is InChI=1S/C22H19N3O3S/c1-16-23-20-13-6-7-14-21(20)25(16)22(26)17-9-8-12-19(15-17)29(27,28)24(2)18-10-4-3-5-11-18/h3-15H,1-2H3. The van der Waals surface area contributed by atoms with E-state index in [-0.39, 0.29) is 16.4 Å². The van der Waals surface area contributed by atoms with Crippen LogP contribution in [0.5, 0.6) is 0 Å². The highest BCUT2D eigenvalue weighted by Crippen LogP contribution is 2.23. The molecule has 1 aromatic heterocycles. The summed E-state index contributed by atoms with van der Waals surface area (Å²) < 4.78 is 28.8. The molecule has 0 radical (unpaired) electrons. The monoisotopic (exact) mass is 405 g/mol. The number of benzene rings is 3. The van der Waals surface area contributed by atoms with E-state index in [1.807, 2.05) is 30.3 Å². The number of para-hydroxylation sites is 3. The molecule has 0 aliphatic carbocycles. The lowest BCUT2D eigenvalue weighted by molar-refractivity contribution is 0.0962. The number of carbonyl (C=O) groups is 1. The number of hydrogen-bond donors (Lipinski definition) is 0. The normalized spacial score (nSPS) is 11.5. The zero-order valence-electron chi connectivity index (χ0n) is 16.0. The van der Waals surface area contributed by atoms with Gasteiger partial charge in [-0.05, 0) is 49.4 Å². The zero-order chi connectivity index (χ0) is 20.6. The average Bonchev–Trinajstić information content (AvgIpc) is 3.09. The molecule has 146 valence electrons. The number of fused-ring (bicyclic) bond motifs is 1. The molecular formula is C22H19N3O3S. The number of hydrogen-bond acceptors (Lipinski definition) is 4. The van der Waals surface area contributed by atoms with Crippen LogP contribution in [0, 0.1) is 6.92 Å². The molecule has 0 atom stereocenters. The van der Waals surface area contributed by atoms with Crippen molar-refractivity contribution in [3.8, 4) is 0 Å². The number of aryl methyl sites for hydroxylation is 1. The molecular weight excluding hydrogens is 386 g/mol. The lowest BCUT2D eigenvalue weighted by Gasteiger charge is -2.19. The molecule has 0 aliphatic heterocycles. The van der Waals surface area contributed by atoms with Gasteiger partial charge in [-0.2, -0.15) is 0 Å². The summed E-state index contributed by atoms with van der Waals surface area (Å²) in [4.78, 5) is 17.6. The summed E-state index contributed by atoms with van der Waals surface area (Å²) in [6.07, 6.45) is 0. The number of carbonyl (C=O) groups excluding carboxylic acids is 1. The summed E-state index contributed by atoms with van der Waals surface area (Å²) in [5.41, 5.74) is 2.22. The van der Waals surface area contributed by atoms with Gasteiger partial charge in [0.25, 0.3) is 15.9 Å². The Morgan fingerprint density at radius 2 is 1.62 bits per heavy atom. The zero-order valence-corrected chi connectivity index (χ0v) is 16.8. The quantitative estimate of drug-likeness (QED) is 0.517. The molecule has 0 saturated carbocycles. The molecule has 4 aromatic rings. The highest BCUT2D eigenvalue weighted by Gasteiger charge is 2.23. The van der Waals surface area contributed by atoms with Gasteiger partial charge in [0.2, 0.25) is 0 Å². The van der Waals surface area contributed by atoms with Gasteiger partial charge in [-0.3, -0.25) is 13.7 Å². The second-order valence-corrected chi connectivity index (χ2v) is 8.59. The van der Waals surface area contributed by atoms with E-state index in [1.54, 1.807) is 43.3 Å². The maximum Gasteiger partial charge on any atom is 0.264 e. The van der Waals surface area contributed by atoms with Crippen molar-refractivity contribution in [3.63, 3.8) is 0 Å². The van der Waals surface area contributed by atoms with Crippen molar-refractivity contribution < 1.29 is 13.2 Å². The van der Waals surface area contributed by atoms with Crippen molar-refractivity contribution in [2.24, 2.45) is 0 Å². The van der Waals surface area contributed by atoms with Gasteiger partial charge in [0.05, 0.1) is 21.6 Å². The Morgan fingerprint density at radius 3 is 2.38 bits per heavy atom. The Balaban J connectivity index is 1.76. The van der Waals surface area contributed by atoms with Gasteiger partial charge in [0.1, 0.15) is 5.82 Å². The number of rotatable bonds is 4. The summed E-state index contributed by atoms with van der Waals surface area (Å²) in [7, 11) is -2.32. The van der Waals surface area contributed by atoms with Crippen molar-refractivity contribution >= 4 is 32.7 Å². The Labute approximate surface area is 169 Å². The van der Waals surface area contributed by atoms with E-state index in [9.17, 15) is 13.2 Å². The van der Waals surface area contributed by atoms with Gasteiger partial charge in [-0.15, -0.1) is 0 Å². The van der Waals surface area contributed by atoms with Crippen molar-refractivity contribution in [1.29, 1.82) is 0 Å². The first kappa shape index (κ1) is 18.9. The third-order valence-corrected chi connectivity index (χ3v) is 6.57. The molecule has 0 spiro atoms. The number of imidazole rings is 1. The van der Waals surface area contributed by atoms with Crippen molar-refractivity contribution in [2.45, 2.75) is 11.8 Å². The molecule has 3 aromatic carbocycles. The Hall–Kier alpha value is -3.45. The number of nitrogens with zero attached hydrogens (tertiary/aromatic N) is 3. The van der Waals surface area contributed by atoms with Crippen LogP contribution < -0.4 is 4.31 Å². The van der Waals surface area contributed by atoms with E-state index in [2.05, 4.69) is 4.98 Å². The predicted octanol–water partition coefficient (Wildman–Crippen LogP) is 3.86. The van der Waals surface area contributed by atoms with Crippen LogP contribution >= 0.6 is 0 Å². The molecule has 0 fully saturated rings. The Bertz CT molecular complexity index is 1310. The molecule has 29 heavy (non-hydrogen) atoms. The van der Waals surface area contributed by atoms with Crippen LogP contribution in [-0.4, -0.2) is 30.9 Å². The van der Waals surface area contributed by atoms with Gasteiger partial charge in [-0.1, -0.05) is 36.4 Å². The van der Waals surface area contributed by atoms with Gasteiger partial charge in [0.15, 0.2) is 0 Å². The van der Waals surface area contributed by atoms with Crippen LogP contribution in [0.15, 0.2) is 83.8 Å². The molecule has 0 amide bonds. The van der Waals surface area contributed by atoms with Crippen LogP contribution in [0.4, 0.5) is 5.69 Å². The van der Waals surface area contributed by atoms with E-state index < -0.39 is 10.0 Å².